The largest absolute Gasteiger partial charge is 0.443 e. The number of aromatic nitrogens is 1. The Hall–Kier alpha value is -2.10. The van der Waals surface area contributed by atoms with Crippen LogP contribution in [0, 0.1) is 6.92 Å². The third-order valence-electron chi connectivity index (χ3n) is 2.68. The molecule has 0 amide bonds. The maximum absolute atomic E-state index is 12.2. The lowest BCUT2D eigenvalue weighted by Gasteiger charge is -2.21. The predicted molar refractivity (Wildman–Crippen MR) is 74.6 cm³/mol. The maximum Gasteiger partial charge on any atom is 0.419 e. The van der Waals surface area contributed by atoms with Crippen molar-refractivity contribution in [1.82, 2.24) is 4.57 Å². The van der Waals surface area contributed by atoms with E-state index >= 15 is 0 Å². The molecule has 0 aliphatic heterocycles. The van der Waals surface area contributed by atoms with E-state index in [4.69, 9.17) is 4.74 Å². The maximum atomic E-state index is 12.2. The molecule has 100 valence electrons. The lowest BCUT2D eigenvalue weighted by molar-refractivity contribution is 0.0543. The van der Waals surface area contributed by atoms with Crippen LogP contribution >= 0.6 is 0 Å². The number of hydrogen-bond donors (Lipinski definition) is 0. The van der Waals surface area contributed by atoms with Crippen molar-refractivity contribution in [2.24, 2.45) is 0 Å². The summed E-state index contributed by atoms with van der Waals surface area (Å²) in [6, 6.07) is 7.02. The molecule has 1 heterocycles. The Kier molecular flexibility index (Phi) is 3.18. The number of carbonyl (C=O) groups excluding carboxylic acids is 1. The molecule has 2 rings (SSSR count). The third-order valence-corrected chi connectivity index (χ3v) is 2.68. The van der Waals surface area contributed by atoms with Crippen LogP contribution in [0.3, 0.4) is 0 Å². The number of fused-ring (bicyclic) bond motifs is 1. The SMILES string of the molecule is Cc1cn(C(=O)OC(C)(C)C)c2ccccc2c1=O. The number of pyridine rings is 1. The molecule has 1 aromatic heterocycles. The molecule has 0 spiro atoms. The topological polar surface area (TPSA) is 48.3 Å². The number of para-hydroxylation sites is 1. The Morgan fingerprint density at radius 3 is 2.47 bits per heavy atom. The molecule has 0 saturated heterocycles. The zero-order valence-electron chi connectivity index (χ0n) is 11.6. The summed E-state index contributed by atoms with van der Waals surface area (Å²) in [6.45, 7) is 7.11. The first-order valence-electron chi connectivity index (χ1n) is 6.14. The minimum absolute atomic E-state index is 0.0598. The second-order valence-electron chi connectivity index (χ2n) is 5.51. The van der Waals surface area contributed by atoms with Gasteiger partial charge in [-0.3, -0.25) is 9.36 Å². The predicted octanol–water partition coefficient (Wildman–Crippen LogP) is 3.09. The Labute approximate surface area is 111 Å². The van der Waals surface area contributed by atoms with Crippen molar-refractivity contribution < 1.29 is 9.53 Å². The summed E-state index contributed by atoms with van der Waals surface area (Å²) in [5.74, 6) is 0. The van der Waals surface area contributed by atoms with E-state index in [0.29, 0.717) is 16.5 Å². The summed E-state index contributed by atoms with van der Waals surface area (Å²) in [6.07, 6.45) is 1.05. The van der Waals surface area contributed by atoms with Gasteiger partial charge >= 0.3 is 6.09 Å². The zero-order chi connectivity index (χ0) is 14.2. The van der Waals surface area contributed by atoms with Gasteiger partial charge < -0.3 is 4.74 Å². The van der Waals surface area contributed by atoms with Gasteiger partial charge in [-0.15, -0.1) is 0 Å². The molecule has 4 nitrogen and oxygen atoms in total. The fourth-order valence-electron chi connectivity index (χ4n) is 1.87. The smallest absolute Gasteiger partial charge is 0.419 e. The number of hydrogen-bond acceptors (Lipinski definition) is 3. The van der Waals surface area contributed by atoms with Crippen molar-refractivity contribution in [1.29, 1.82) is 0 Å². The second-order valence-corrected chi connectivity index (χ2v) is 5.51. The number of nitrogens with zero attached hydrogens (tertiary/aromatic N) is 1. The molecule has 1 aromatic carbocycles. The first-order chi connectivity index (χ1) is 8.79. The minimum Gasteiger partial charge on any atom is -0.443 e. The van der Waals surface area contributed by atoms with Crippen LogP contribution in [0.5, 0.6) is 0 Å². The van der Waals surface area contributed by atoms with Crippen molar-refractivity contribution in [2.75, 3.05) is 0 Å². The van der Waals surface area contributed by atoms with Gasteiger partial charge in [-0.1, -0.05) is 12.1 Å². The van der Waals surface area contributed by atoms with E-state index in [2.05, 4.69) is 0 Å². The van der Waals surface area contributed by atoms with Crippen LogP contribution < -0.4 is 5.43 Å². The molecule has 0 fully saturated rings. The van der Waals surface area contributed by atoms with Crippen molar-refractivity contribution in [3.8, 4) is 0 Å². The van der Waals surface area contributed by atoms with E-state index in [-0.39, 0.29) is 5.43 Å². The van der Waals surface area contributed by atoms with Crippen molar-refractivity contribution in [3.05, 3.63) is 46.2 Å². The average Bonchev–Trinajstić information content (AvgIpc) is 2.31. The van der Waals surface area contributed by atoms with E-state index < -0.39 is 11.7 Å². The van der Waals surface area contributed by atoms with Gasteiger partial charge in [-0.2, -0.15) is 0 Å². The number of rotatable bonds is 0. The summed E-state index contributed by atoms with van der Waals surface area (Å²) >= 11 is 0. The van der Waals surface area contributed by atoms with Crippen LogP contribution in [-0.4, -0.2) is 16.3 Å². The van der Waals surface area contributed by atoms with Gasteiger partial charge in [0.2, 0.25) is 0 Å². The summed E-state index contributed by atoms with van der Waals surface area (Å²) < 4.78 is 6.73. The van der Waals surface area contributed by atoms with Gasteiger partial charge in [-0.25, -0.2) is 4.79 Å². The van der Waals surface area contributed by atoms with Gasteiger partial charge in [0.15, 0.2) is 5.43 Å². The highest BCUT2D eigenvalue weighted by molar-refractivity contribution is 5.88. The van der Waals surface area contributed by atoms with Crippen molar-refractivity contribution in [2.45, 2.75) is 33.3 Å². The van der Waals surface area contributed by atoms with E-state index in [9.17, 15) is 9.59 Å². The molecule has 0 aliphatic carbocycles. The summed E-state index contributed by atoms with van der Waals surface area (Å²) in [4.78, 5) is 24.2. The first kappa shape index (κ1) is 13.3. The summed E-state index contributed by atoms with van der Waals surface area (Å²) in [5, 5.41) is 0.522. The molecule has 0 aliphatic rings. The molecule has 0 radical (unpaired) electrons. The van der Waals surface area contributed by atoms with Crippen LogP contribution in [0.4, 0.5) is 4.79 Å². The summed E-state index contributed by atoms with van der Waals surface area (Å²) in [7, 11) is 0. The molecule has 0 saturated carbocycles. The van der Waals surface area contributed by atoms with Crippen LogP contribution in [0.15, 0.2) is 35.3 Å². The van der Waals surface area contributed by atoms with Gasteiger partial charge in [0.25, 0.3) is 0 Å². The molecule has 0 unspecified atom stereocenters. The number of carbonyl (C=O) groups is 1. The minimum atomic E-state index is -0.574. The monoisotopic (exact) mass is 259 g/mol. The average molecular weight is 259 g/mol. The molecule has 19 heavy (non-hydrogen) atoms. The number of ether oxygens (including phenoxy) is 1. The summed E-state index contributed by atoms with van der Waals surface area (Å²) in [5.41, 5.74) is 0.446. The highest BCUT2D eigenvalue weighted by Crippen LogP contribution is 2.15. The van der Waals surface area contributed by atoms with Gasteiger partial charge in [-0.05, 0) is 39.8 Å². The van der Waals surface area contributed by atoms with E-state index in [1.165, 1.54) is 10.8 Å². The molecular weight excluding hydrogens is 242 g/mol. The standard InChI is InChI=1S/C15H17NO3/c1-10-9-16(14(18)19-15(2,3)4)12-8-6-5-7-11(12)13(10)17/h5-9H,1-4H3. The molecule has 0 bridgehead atoms. The highest BCUT2D eigenvalue weighted by Gasteiger charge is 2.19. The molecule has 0 N–H and O–H groups in total. The second kappa shape index (κ2) is 4.53. The molecule has 4 heteroatoms. The Morgan fingerprint density at radius 2 is 1.84 bits per heavy atom. The molecule has 0 atom stereocenters. The number of aryl methyl sites for hydroxylation is 1. The van der Waals surface area contributed by atoms with Crippen LogP contribution in [0.25, 0.3) is 10.9 Å². The lowest BCUT2D eigenvalue weighted by atomic mass is 10.1. The van der Waals surface area contributed by atoms with Gasteiger partial charge in [0, 0.05) is 17.1 Å². The van der Waals surface area contributed by atoms with Crippen molar-refractivity contribution in [3.63, 3.8) is 0 Å². The van der Waals surface area contributed by atoms with Gasteiger partial charge in [0.1, 0.15) is 5.60 Å². The molecule has 2 aromatic rings. The highest BCUT2D eigenvalue weighted by atomic mass is 16.6. The van der Waals surface area contributed by atoms with E-state index in [1.54, 1.807) is 31.2 Å². The normalized spacial score (nSPS) is 11.6. The van der Waals surface area contributed by atoms with Crippen LogP contribution in [0.1, 0.15) is 26.3 Å². The third kappa shape index (κ3) is 2.67. The zero-order valence-corrected chi connectivity index (χ0v) is 11.6. The van der Waals surface area contributed by atoms with E-state index in [0.717, 1.165) is 0 Å². The van der Waals surface area contributed by atoms with Crippen molar-refractivity contribution >= 4 is 17.0 Å². The fourth-order valence-corrected chi connectivity index (χ4v) is 1.87. The van der Waals surface area contributed by atoms with Crippen LogP contribution in [0.2, 0.25) is 0 Å². The van der Waals surface area contributed by atoms with Gasteiger partial charge in [0.05, 0.1) is 5.52 Å². The quantitative estimate of drug-likeness (QED) is 0.730. The van der Waals surface area contributed by atoms with Crippen LogP contribution in [-0.2, 0) is 4.74 Å². The Balaban J connectivity index is 2.65. The lowest BCUT2D eigenvalue weighted by Crippen LogP contribution is -2.28. The first-order valence-corrected chi connectivity index (χ1v) is 6.14. The fraction of sp³-hybridized carbons (Fsp3) is 0.333. The Morgan fingerprint density at radius 1 is 1.21 bits per heavy atom. The van der Waals surface area contributed by atoms with E-state index in [1.807, 2.05) is 20.8 Å². The number of benzene rings is 1. The Bertz CT molecular complexity index is 693. The molecular formula is C15H17NO3.